The molecule has 2 N–H and O–H groups in total. The van der Waals surface area contributed by atoms with E-state index in [1.54, 1.807) is 0 Å². The molecule has 0 heterocycles. The van der Waals surface area contributed by atoms with Crippen LogP contribution in [-0.4, -0.2) is 6.04 Å². The lowest BCUT2D eigenvalue weighted by Gasteiger charge is -2.27. The fourth-order valence-corrected chi connectivity index (χ4v) is 2.47. The molecule has 0 saturated heterocycles. The number of benzene rings is 2. The number of rotatable bonds is 5. The van der Waals surface area contributed by atoms with Crippen LogP contribution < -0.4 is 10.5 Å². The summed E-state index contributed by atoms with van der Waals surface area (Å²) in [4.78, 5) is 0. The Hall–Kier alpha value is -1.80. The Morgan fingerprint density at radius 1 is 1.00 bits per heavy atom. The van der Waals surface area contributed by atoms with Gasteiger partial charge in [-0.15, -0.1) is 0 Å². The lowest BCUT2D eigenvalue weighted by atomic mass is 9.96. The maximum atomic E-state index is 6.33. The molecule has 0 radical (unpaired) electrons. The van der Waals surface area contributed by atoms with Crippen molar-refractivity contribution in [2.75, 3.05) is 0 Å². The van der Waals surface area contributed by atoms with Crippen LogP contribution in [0.15, 0.2) is 42.5 Å². The summed E-state index contributed by atoms with van der Waals surface area (Å²) in [6.07, 6.45) is 0.765. The fourth-order valence-electron chi connectivity index (χ4n) is 2.47. The number of nitrogens with two attached hydrogens (primary N) is 1. The molecule has 2 heteroatoms. The van der Waals surface area contributed by atoms with E-state index in [4.69, 9.17) is 10.5 Å². The molecule has 0 bridgehead atoms. The number of hydrogen-bond acceptors (Lipinski definition) is 2. The van der Waals surface area contributed by atoms with Crippen LogP contribution in [0.25, 0.3) is 0 Å². The van der Waals surface area contributed by atoms with Gasteiger partial charge in [-0.05, 0) is 55.5 Å². The molecule has 0 spiro atoms. The van der Waals surface area contributed by atoms with Gasteiger partial charge in [0.1, 0.15) is 11.9 Å². The normalized spacial score (nSPS) is 13.8. The van der Waals surface area contributed by atoms with Crippen molar-refractivity contribution in [2.45, 2.75) is 46.3 Å². The quantitative estimate of drug-likeness (QED) is 0.878. The van der Waals surface area contributed by atoms with E-state index in [2.05, 4.69) is 58.0 Å². The summed E-state index contributed by atoms with van der Waals surface area (Å²) >= 11 is 0. The van der Waals surface area contributed by atoms with E-state index in [0.717, 1.165) is 17.7 Å². The summed E-state index contributed by atoms with van der Waals surface area (Å²) in [7, 11) is 0. The average molecular weight is 283 g/mol. The van der Waals surface area contributed by atoms with Gasteiger partial charge in [0.15, 0.2) is 0 Å². The molecule has 2 nitrogen and oxygen atoms in total. The molecule has 2 unspecified atom stereocenters. The monoisotopic (exact) mass is 283 g/mol. The lowest BCUT2D eigenvalue weighted by Crippen LogP contribution is -2.32. The molecule has 0 aromatic heterocycles. The van der Waals surface area contributed by atoms with Crippen molar-refractivity contribution in [3.63, 3.8) is 0 Å². The molecule has 0 amide bonds. The minimum Gasteiger partial charge on any atom is -0.484 e. The molecule has 0 aliphatic rings. The van der Waals surface area contributed by atoms with Crippen molar-refractivity contribution in [1.29, 1.82) is 0 Å². The van der Waals surface area contributed by atoms with Crippen molar-refractivity contribution in [2.24, 2.45) is 5.73 Å². The van der Waals surface area contributed by atoms with E-state index in [1.807, 2.05) is 12.1 Å². The van der Waals surface area contributed by atoms with Crippen molar-refractivity contribution in [3.8, 4) is 5.75 Å². The van der Waals surface area contributed by atoms with Crippen LogP contribution in [0.1, 0.15) is 41.7 Å². The second-order valence-corrected chi connectivity index (χ2v) is 5.74. The zero-order chi connectivity index (χ0) is 15.4. The zero-order valence-electron chi connectivity index (χ0n) is 13.4. The van der Waals surface area contributed by atoms with Gasteiger partial charge in [0.05, 0.1) is 0 Å². The summed E-state index contributed by atoms with van der Waals surface area (Å²) < 4.78 is 6.32. The van der Waals surface area contributed by atoms with Crippen LogP contribution in [-0.2, 0) is 0 Å². The molecular formula is C19H25NO. The SMILES string of the molecule is CCC(N)C(Oc1cc(C)ccc1C)c1ccccc1C. The Balaban J connectivity index is 2.38. The summed E-state index contributed by atoms with van der Waals surface area (Å²) in [5.41, 5.74) is 11.1. The molecule has 0 aliphatic carbocycles. The van der Waals surface area contributed by atoms with Crippen molar-refractivity contribution in [3.05, 3.63) is 64.7 Å². The van der Waals surface area contributed by atoms with Gasteiger partial charge < -0.3 is 10.5 Å². The van der Waals surface area contributed by atoms with Crippen molar-refractivity contribution < 1.29 is 4.74 Å². The standard InChI is InChI=1S/C19H25NO/c1-5-17(20)19(16-9-7-6-8-14(16)3)21-18-12-13(2)10-11-15(18)4/h6-12,17,19H,5,20H2,1-4H3. The highest BCUT2D eigenvalue weighted by Crippen LogP contribution is 2.30. The highest BCUT2D eigenvalue weighted by atomic mass is 16.5. The van der Waals surface area contributed by atoms with E-state index in [9.17, 15) is 0 Å². The van der Waals surface area contributed by atoms with Crippen LogP contribution >= 0.6 is 0 Å². The van der Waals surface area contributed by atoms with E-state index >= 15 is 0 Å². The van der Waals surface area contributed by atoms with Crippen LogP contribution in [0.4, 0.5) is 0 Å². The average Bonchev–Trinajstić information content (AvgIpc) is 2.48. The zero-order valence-corrected chi connectivity index (χ0v) is 13.4. The minimum atomic E-state index is -0.114. The van der Waals surface area contributed by atoms with E-state index < -0.39 is 0 Å². The van der Waals surface area contributed by atoms with Gasteiger partial charge in [0.25, 0.3) is 0 Å². The first-order valence-electron chi connectivity index (χ1n) is 7.58. The third kappa shape index (κ3) is 3.64. The molecule has 2 atom stereocenters. The molecule has 0 saturated carbocycles. The third-order valence-electron chi connectivity index (χ3n) is 3.95. The van der Waals surface area contributed by atoms with Gasteiger partial charge in [0, 0.05) is 6.04 Å². The number of aryl methyl sites for hydroxylation is 3. The lowest BCUT2D eigenvalue weighted by molar-refractivity contribution is 0.169. The predicted octanol–water partition coefficient (Wildman–Crippen LogP) is 4.47. The molecular weight excluding hydrogens is 258 g/mol. The number of hydrogen-bond donors (Lipinski definition) is 1. The summed E-state index contributed by atoms with van der Waals surface area (Å²) in [5.74, 6) is 0.923. The summed E-state index contributed by atoms with van der Waals surface area (Å²) in [6, 6.07) is 14.6. The van der Waals surface area contributed by atoms with Gasteiger partial charge in [-0.25, -0.2) is 0 Å². The number of ether oxygens (including phenoxy) is 1. The minimum absolute atomic E-state index is 0.0222. The largest absolute Gasteiger partial charge is 0.484 e. The highest BCUT2D eigenvalue weighted by Gasteiger charge is 2.22. The van der Waals surface area contributed by atoms with Gasteiger partial charge in [-0.3, -0.25) is 0 Å². The van der Waals surface area contributed by atoms with E-state index in [-0.39, 0.29) is 12.1 Å². The van der Waals surface area contributed by atoms with Crippen molar-refractivity contribution in [1.82, 2.24) is 0 Å². The van der Waals surface area contributed by atoms with Crippen LogP contribution in [0.2, 0.25) is 0 Å². The maximum Gasteiger partial charge on any atom is 0.139 e. The molecule has 2 aromatic rings. The fraction of sp³-hybridized carbons (Fsp3) is 0.368. The first-order valence-corrected chi connectivity index (χ1v) is 7.58. The molecule has 2 rings (SSSR count). The second kappa shape index (κ2) is 6.77. The van der Waals surface area contributed by atoms with E-state index in [0.29, 0.717) is 0 Å². The molecule has 2 aromatic carbocycles. The van der Waals surface area contributed by atoms with Crippen LogP contribution in [0.5, 0.6) is 5.75 Å². The molecule has 112 valence electrons. The highest BCUT2D eigenvalue weighted by molar-refractivity contribution is 5.38. The van der Waals surface area contributed by atoms with E-state index in [1.165, 1.54) is 16.7 Å². The maximum absolute atomic E-state index is 6.33. The third-order valence-corrected chi connectivity index (χ3v) is 3.95. The van der Waals surface area contributed by atoms with Crippen LogP contribution in [0.3, 0.4) is 0 Å². The Morgan fingerprint density at radius 2 is 1.71 bits per heavy atom. The summed E-state index contributed by atoms with van der Waals surface area (Å²) in [6.45, 7) is 8.36. The summed E-state index contributed by atoms with van der Waals surface area (Å²) in [5, 5.41) is 0. The van der Waals surface area contributed by atoms with Gasteiger partial charge in [0.2, 0.25) is 0 Å². The van der Waals surface area contributed by atoms with Gasteiger partial charge >= 0.3 is 0 Å². The smallest absolute Gasteiger partial charge is 0.139 e. The van der Waals surface area contributed by atoms with Crippen LogP contribution in [0, 0.1) is 20.8 Å². The first kappa shape index (κ1) is 15.6. The molecule has 0 aliphatic heterocycles. The molecule has 0 fully saturated rings. The predicted molar refractivity (Wildman–Crippen MR) is 88.7 cm³/mol. The Kier molecular flexibility index (Phi) is 5.03. The van der Waals surface area contributed by atoms with Gasteiger partial charge in [-0.1, -0.05) is 43.3 Å². The topological polar surface area (TPSA) is 35.2 Å². The first-order chi connectivity index (χ1) is 10.0. The Bertz CT molecular complexity index is 606. The Morgan fingerprint density at radius 3 is 2.38 bits per heavy atom. The van der Waals surface area contributed by atoms with Gasteiger partial charge in [-0.2, -0.15) is 0 Å². The second-order valence-electron chi connectivity index (χ2n) is 5.74. The Labute approximate surface area is 127 Å². The molecule has 21 heavy (non-hydrogen) atoms. The van der Waals surface area contributed by atoms with Crippen molar-refractivity contribution >= 4 is 0 Å².